The molecule has 0 amide bonds. The van der Waals surface area contributed by atoms with Crippen LogP contribution in [0, 0.1) is 12.8 Å². The summed E-state index contributed by atoms with van der Waals surface area (Å²) < 4.78 is 0. The van der Waals surface area contributed by atoms with Crippen molar-refractivity contribution in [1.82, 2.24) is 10.3 Å². The van der Waals surface area contributed by atoms with Crippen LogP contribution in [0.3, 0.4) is 0 Å². The van der Waals surface area contributed by atoms with Crippen LogP contribution in [0.5, 0.6) is 0 Å². The van der Waals surface area contributed by atoms with E-state index in [1.165, 1.54) is 17.7 Å². The van der Waals surface area contributed by atoms with Crippen LogP contribution in [0.1, 0.15) is 22.7 Å². The van der Waals surface area contributed by atoms with E-state index in [0.717, 1.165) is 40.3 Å². The van der Waals surface area contributed by atoms with Crippen LogP contribution in [0.25, 0.3) is 11.3 Å². The molecule has 4 heteroatoms. The average molecular weight is 293 g/mol. The fraction of sp³-hybridized carbons (Fsp3) is 0.400. The third kappa shape index (κ3) is 3.35. The Morgan fingerprint density at radius 1 is 1.42 bits per heavy atom. The summed E-state index contributed by atoms with van der Waals surface area (Å²) in [5.74, 6) is 0.911. The normalized spacial score (nSPS) is 14.8. The molecule has 1 aromatic heterocycles. The number of hydrogen-bond donors (Lipinski definition) is 1. The van der Waals surface area contributed by atoms with E-state index in [9.17, 15) is 0 Å². The van der Waals surface area contributed by atoms with E-state index in [0.29, 0.717) is 0 Å². The molecular formula is C15H17ClN2S. The number of rotatable bonds is 5. The summed E-state index contributed by atoms with van der Waals surface area (Å²) in [6.07, 6.45) is 2.77. The highest BCUT2D eigenvalue weighted by molar-refractivity contribution is 7.12. The van der Waals surface area contributed by atoms with E-state index >= 15 is 0 Å². The van der Waals surface area contributed by atoms with Crippen LogP contribution < -0.4 is 5.32 Å². The summed E-state index contributed by atoms with van der Waals surface area (Å²) in [4.78, 5) is 5.99. The summed E-state index contributed by atoms with van der Waals surface area (Å²) in [5.41, 5.74) is 2.17. The van der Waals surface area contributed by atoms with Gasteiger partial charge in [0, 0.05) is 22.0 Å². The first-order chi connectivity index (χ1) is 9.22. The standard InChI is InChI=1S/C15H17ClN2S/c1-10-15(12-3-2-4-13(16)7-12)18-14(19-10)9-17-8-11-5-6-11/h2-4,7,11,17H,5-6,8-9H2,1H3. The van der Waals surface area contributed by atoms with Gasteiger partial charge in [-0.2, -0.15) is 0 Å². The van der Waals surface area contributed by atoms with Crippen molar-refractivity contribution in [2.24, 2.45) is 5.92 Å². The average Bonchev–Trinajstić information content (AvgIpc) is 3.12. The molecule has 1 saturated carbocycles. The lowest BCUT2D eigenvalue weighted by Gasteiger charge is -2.00. The molecule has 1 N–H and O–H groups in total. The van der Waals surface area contributed by atoms with Crippen LogP contribution in [0.4, 0.5) is 0 Å². The zero-order chi connectivity index (χ0) is 13.2. The molecule has 19 heavy (non-hydrogen) atoms. The van der Waals surface area contributed by atoms with Gasteiger partial charge in [-0.15, -0.1) is 11.3 Å². The number of benzene rings is 1. The Labute approximate surface area is 122 Å². The fourth-order valence-corrected chi connectivity index (χ4v) is 3.25. The highest BCUT2D eigenvalue weighted by atomic mass is 35.5. The maximum Gasteiger partial charge on any atom is 0.107 e. The van der Waals surface area contributed by atoms with Gasteiger partial charge in [0.15, 0.2) is 0 Å². The molecule has 1 aliphatic rings. The lowest BCUT2D eigenvalue weighted by molar-refractivity contribution is 0.637. The Morgan fingerprint density at radius 3 is 3.00 bits per heavy atom. The van der Waals surface area contributed by atoms with Crippen LogP contribution in [0.2, 0.25) is 5.02 Å². The van der Waals surface area contributed by atoms with E-state index in [2.05, 4.69) is 18.3 Å². The summed E-state index contributed by atoms with van der Waals surface area (Å²) in [6, 6.07) is 7.91. The minimum Gasteiger partial charge on any atom is -0.310 e. The van der Waals surface area contributed by atoms with Gasteiger partial charge in [-0.1, -0.05) is 23.7 Å². The Bertz CT molecular complexity index is 575. The fourth-order valence-electron chi connectivity index (χ4n) is 2.14. The van der Waals surface area contributed by atoms with Gasteiger partial charge in [0.25, 0.3) is 0 Å². The van der Waals surface area contributed by atoms with Crippen molar-refractivity contribution < 1.29 is 0 Å². The van der Waals surface area contributed by atoms with Gasteiger partial charge in [-0.05, 0) is 44.4 Å². The number of aromatic nitrogens is 1. The summed E-state index contributed by atoms with van der Waals surface area (Å²) in [7, 11) is 0. The Kier molecular flexibility index (Phi) is 3.87. The van der Waals surface area contributed by atoms with Crippen molar-refractivity contribution in [1.29, 1.82) is 0 Å². The number of thiazole rings is 1. The quantitative estimate of drug-likeness (QED) is 0.890. The molecule has 1 heterocycles. The second-order valence-corrected chi connectivity index (χ2v) is 6.82. The van der Waals surface area contributed by atoms with Gasteiger partial charge in [0.05, 0.1) is 5.69 Å². The van der Waals surface area contributed by atoms with E-state index in [1.54, 1.807) is 11.3 Å². The molecule has 1 aliphatic carbocycles. The molecule has 0 saturated heterocycles. The highest BCUT2D eigenvalue weighted by Gasteiger charge is 2.20. The third-order valence-corrected chi connectivity index (χ3v) is 4.55. The number of nitrogens with zero attached hydrogens (tertiary/aromatic N) is 1. The van der Waals surface area contributed by atoms with E-state index in [1.807, 2.05) is 18.2 Å². The molecule has 100 valence electrons. The smallest absolute Gasteiger partial charge is 0.107 e. The summed E-state index contributed by atoms with van der Waals surface area (Å²) >= 11 is 7.81. The lowest BCUT2D eigenvalue weighted by atomic mass is 10.1. The first kappa shape index (κ1) is 13.1. The summed E-state index contributed by atoms with van der Waals surface area (Å²) in [5, 5.41) is 5.41. The number of hydrogen-bond acceptors (Lipinski definition) is 3. The minimum atomic E-state index is 0.762. The van der Waals surface area contributed by atoms with E-state index in [-0.39, 0.29) is 0 Å². The molecule has 3 rings (SSSR count). The molecule has 0 atom stereocenters. The van der Waals surface area contributed by atoms with Crippen molar-refractivity contribution in [2.45, 2.75) is 26.3 Å². The maximum absolute atomic E-state index is 6.04. The molecule has 2 aromatic rings. The molecular weight excluding hydrogens is 276 g/mol. The first-order valence-electron chi connectivity index (χ1n) is 6.65. The Morgan fingerprint density at radius 2 is 2.26 bits per heavy atom. The van der Waals surface area contributed by atoms with Gasteiger partial charge >= 0.3 is 0 Å². The SMILES string of the molecule is Cc1sc(CNCC2CC2)nc1-c1cccc(Cl)c1. The largest absolute Gasteiger partial charge is 0.310 e. The molecule has 0 bridgehead atoms. The van der Waals surface area contributed by atoms with Crippen LogP contribution in [-0.4, -0.2) is 11.5 Å². The van der Waals surface area contributed by atoms with Crippen molar-refractivity contribution >= 4 is 22.9 Å². The second kappa shape index (κ2) is 5.61. The number of aryl methyl sites for hydroxylation is 1. The van der Waals surface area contributed by atoms with Gasteiger partial charge < -0.3 is 5.32 Å². The molecule has 2 nitrogen and oxygen atoms in total. The molecule has 0 unspecified atom stereocenters. The van der Waals surface area contributed by atoms with Gasteiger partial charge in [0.1, 0.15) is 5.01 Å². The number of halogens is 1. The third-order valence-electron chi connectivity index (χ3n) is 3.35. The van der Waals surface area contributed by atoms with Crippen molar-refractivity contribution in [3.63, 3.8) is 0 Å². The van der Waals surface area contributed by atoms with Crippen LogP contribution in [0.15, 0.2) is 24.3 Å². The van der Waals surface area contributed by atoms with Crippen molar-refractivity contribution in [3.8, 4) is 11.3 Å². The van der Waals surface area contributed by atoms with Gasteiger partial charge in [-0.3, -0.25) is 0 Å². The predicted molar refractivity (Wildman–Crippen MR) is 81.7 cm³/mol. The van der Waals surface area contributed by atoms with Crippen LogP contribution >= 0.6 is 22.9 Å². The van der Waals surface area contributed by atoms with Gasteiger partial charge in [-0.25, -0.2) is 4.98 Å². The topological polar surface area (TPSA) is 24.9 Å². The highest BCUT2D eigenvalue weighted by Crippen LogP contribution is 2.30. The molecule has 1 aromatic carbocycles. The molecule has 0 spiro atoms. The zero-order valence-corrected chi connectivity index (χ0v) is 12.5. The Balaban J connectivity index is 1.72. The van der Waals surface area contributed by atoms with Crippen molar-refractivity contribution in [3.05, 3.63) is 39.2 Å². The van der Waals surface area contributed by atoms with Gasteiger partial charge in [0.2, 0.25) is 0 Å². The van der Waals surface area contributed by atoms with E-state index < -0.39 is 0 Å². The van der Waals surface area contributed by atoms with Crippen molar-refractivity contribution in [2.75, 3.05) is 6.54 Å². The molecule has 0 radical (unpaired) electrons. The first-order valence-corrected chi connectivity index (χ1v) is 7.85. The second-order valence-electron chi connectivity index (χ2n) is 5.10. The predicted octanol–water partition coefficient (Wildman–Crippen LogP) is 4.27. The maximum atomic E-state index is 6.04. The Hall–Kier alpha value is -0.900. The van der Waals surface area contributed by atoms with Crippen LogP contribution in [-0.2, 0) is 6.54 Å². The monoisotopic (exact) mass is 292 g/mol. The number of nitrogens with one attached hydrogen (secondary N) is 1. The lowest BCUT2D eigenvalue weighted by Crippen LogP contribution is -2.15. The van der Waals surface area contributed by atoms with E-state index in [4.69, 9.17) is 16.6 Å². The molecule has 0 aliphatic heterocycles. The zero-order valence-electron chi connectivity index (χ0n) is 10.9. The summed E-state index contributed by atoms with van der Waals surface area (Å²) in [6.45, 7) is 4.13. The minimum absolute atomic E-state index is 0.762. The molecule has 1 fully saturated rings.